The molecule has 7 nitrogen and oxygen atoms in total. The van der Waals surface area contributed by atoms with E-state index in [0.29, 0.717) is 0 Å². The van der Waals surface area contributed by atoms with E-state index >= 15 is 8.78 Å². The van der Waals surface area contributed by atoms with Gasteiger partial charge in [-0.3, -0.25) is 9.69 Å². The van der Waals surface area contributed by atoms with Gasteiger partial charge >= 0.3 is 12.1 Å². The number of amides is 1. The average Bonchev–Trinajstić information content (AvgIpc) is 3.43. The van der Waals surface area contributed by atoms with Crippen LogP contribution in [0.4, 0.5) is 32.0 Å². The number of hydrogen-bond acceptors (Lipinski definition) is 5. The third-order valence-electron chi connectivity index (χ3n) is 8.27. The van der Waals surface area contributed by atoms with Crippen LogP contribution in [-0.2, 0) is 35.8 Å². The predicted molar refractivity (Wildman–Crippen MR) is 131 cm³/mol. The number of nitrogens with zero attached hydrogens (tertiary/aromatic N) is 5. The highest BCUT2D eigenvalue weighted by molar-refractivity contribution is 6.10. The van der Waals surface area contributed by atoms with Gasteiger partial charge in [0.15, 0.2) is 0 Å². The minimum absolute atomic E-state index is 0.106. The number of aryl methyl sites for hydroxylation is 1. The summed E-state index contributed by atoms with van der Waals surface area (Å²) in [6, 6.07) is 7.79. The van der Waals surface area contributed by atoms with Crippen LogP contribution >= 0.6 is 0 Å². The molecule has 0 saturated carbocycles. The van der Waals surface area contributed by atoms with Crippen molar-refractivity contribution in [3.05, 3.63) is 76.4 Å². The molecule has 1 atom stereocenters. The van der Waals surface area contributed by atoms with E-state index in [9.17, 15) is 22.4 Å². The topological polar surface area (TPSA) is 63.5 Å². The SMILES string of the molecule is CC(c1cc2c(c(C(F)(F)F)c1)CN(c1cccc(C3(C(F)(F)c4nncn4C)COC3)c1)C2=O)N1CC(F)C1. The molecular weight excluding hydrogens is 540 g/mol. The highest BCUT2D eigenvalue weighted by Crippen LogP contribution is 2.51. The standard InChI is InChI=1S/C27H25F6N5O2/c1-15(37-9-18(28)10-37)16-6-20-21(22(7-16)27(31,32)33)11-38(23(20)39)19-5-3-4-17(8-19)25(12-40-13-25)26(29,30)24-35-34-14-36(24)2/h3-8,14-15,18H,9-13H2,1-2H3. The molecule has 13 heteroatoms. The molecule has 6 rings (SSSR count). The highest BCUT2D eigenvalue weighted by atomic mass is 19.4. The first-order valence-electron chi connectivity index (χ1n) is 12.7. The molecule has 2 aromatic carbocycles. The van der Waals surface area contributed by atoms with Crippen LogP contribution in [0.2, 0.25) is 0 Å². The van der Waals surface area contributed by atoms with Crippen molar-refractivity contribution in [2.24, 2.45) is 7.05 Å². The molecule has 1 aromatic heterocycles. The lowest BCUT2D eigenvalue weighted by Crippen LogP contribution is -2.58. The van der Waals surface area contributed by atoms with Crippen molar-refractivity contribution < 1.29 is 35.9 Å². The van der Waals surface area contributed by atoms with Gasteiger partial charge in [-0.25, -0.2) is 4.39 Å². The first kappa shape index (κ1) is 26.8. The fraction of sp³-hybridized carbons (Fsp3) is 0.444. The summed E-state index contributed by atoms with van der Waals surface area (Å²) >= 11 is 0. The van der Waals surface area contributed by atoms with Gasteiger partial charge in [-0.15, -0.1) is 10.2 Å². The number of carbonyl (C=O) groups excluding carboxylic acids is 1. The van der Waals surface area contributed by atoms with E-state index in [2.05, 4.69) is 10.2 Å². The number of carbonyl (C=O) groups is 1. The number of benzene rings is 2. The Labute approximate surface area is 225 Å². The molecule has 0 bridgehead atoms. The van der Waals surface area contributed by atoms with Crippen molar-refractivity contribution in [3.63, 3.8) is 0 Å². The van der Waals surface area contributed by atoms with Gasteiger partial charge in [0.05, 0.1) is 25.3 Å². The fourth-order valence-corrected chi connectivity index (χ4v) is 5.70. The van der Waals surface area contributed by atoms with Crippen LogP contribution < -0.4 is 4.90 Å². The maximum Gasteiger partial charge on any atom is 0.416 e. The van der Waals surface area contributed by atoms with E-state index in [1.54, 1.807) is 11.8 Å². The summed E-state index contributed by atoms with van der Waals surface area (Å²) < 4.78 is 93.9. The van der Waals surface area contributed by atoms with Crippen molar-refractivity contribution in [2.75, 3.05) is 31.2 Å². The molecule has 0 aliphatic carbocycles. The Morgan fingerprint density at radius 3 is 2.40 bits per heavy atom. The van der Waals surface area contributed by atoms with E-state index in [0.717, 1.165) is 21.9 Å². The lowest BCUT2D eigenvalue weighted by molar-refractivity contribution is -0.206. The van der Waals surface area contributed by atoms with Crippen molar-refractivity contribution in [1.29, 1.82) is 0 Å². The number of halogens is 6. The summed E-state index contributed by atoms with van der Waals surface area (Å²) in [4.78, 5) is 16.4. The normalized spacial score (nSPS) is 20.3. The van der Waals surface area contributed by atoms with Crippen molar-refractivity contribution >= 4 is 11.6 Å². The molecule has 0 spiro atoms. The zero-order valence-corrected chi connectivity index (χ0v) is 21.6. The minimum atomic E-state index is -4.74. The molecule has 3 aliphatic rings. The van der Waals surface area contributed by atoms with Crippen molar-refractivity contribution in [3.8, 4) is 0 Å². The number of alkyl halides is 6. The van der Waals surface area contributed by atoms with Gasteiger partial charge in [0.1, 0.15) is 17.9 Å². The Kier molecular flexibility index (Phi) is 6.04. The number of likely N-dealkylation sites (tertiary alicyclic amines) is 1. The highest BCUT2D eigenvalue weighted by Gasteiger charge is 2.63. The Bertz CT molecular complexity index is 1480. The van der Waals surface area contributed by atoms with Gasteiger partial charge in [0.2, 0.25) is 5.82 Å². The lowest BCUT2D eigenvalue weighted by atomic mass is 9.72. The largest absolute Gasteiger partial charge is 0.416 e. The second kappa shape index (κ2) is 9.03. The molecule has 212 valence electrons. The average molecular weight is 566 g/mol. The molecule has 0 radical (unpaired) electrons. The fourth-order valence-electron chi connectivity index (χ4n) is 5.70. The molecule has 0 N–H and O–H groups in total. The summed E-state index contributed by atoms with van der Waals surface area (Å²) in [7, 11) is 1.40. The van der Waals surface area contributed by atoms with Crippen molar-refractivity contribution in [1.82, 2.24) is 19.7 Å². The number of aromatic nitrogens is 3. The zero-order valence-electron chi connectivity index (χ0n) is 21.6. The first-order valence-corrected chi connectivity index (χ1v) is 12.7. The molecule has 1 unspecified atom stereocenters. The quantitative estimate of drug-likeness (QED) is 0.403. The van der Waals surface area contributed by atoms with Crippen LogP contribution in [0.3, 0.4) is 0 Å². The second-order valence-corrected chi connectivity index (χ2v) is 10.7. The Hall–Kier alpha value is -3.45. The third kappa shape index (κ3) is 3.92. The molecule has 40 heavy (non-hydrogen) atoms. The summed E-state index contributed by atoms with van der Waals surface area (Å²) in [5.41, 5.74) is -2.42. The molecule has 2 fully saturated rings. The van der Waals surface area contributed by atoms with Crippen LogP contribution in [0.15, 0.2) is 42.7 Å². The van der Waals surface area contributed by atoms with E-state index in [1.807, 2.05) is 0 Å². The molecular formula is C27H25F6N5O2. The van der Waals surface area contributed by atoms with Gasteiger partial charge in [-0.2, -0.15) is 22.0 Å². The number of ether oxygens (including phenoxy) is 1. The van der Waals surface area contributed by atoms with Gasteiger partial charge in [0.25, 0.3) is 5.91 Å². The van der Waals surface area contributed by atoms with Crippen LogP contribution in [-0.4, -0.2) is 58.0 Å². The van der Waals surface area contributed by atoms with Crippen LogP contribution in [0.5, 0.6) is 0 Å². The van der Waals surface area contributed by atoms with Crippen LogP contribution in [0.25, 0.3) is 0 Å². The Balaban J connectivity index is 1.37. The second-order valence-electron chi connectivity index (χ2n) is 10.7. The molecule has 1 amide bonds. The van der Waals surface area contributed by atoms with Gasteiger partial charge in [0, 0.05) is 37.4 Å². The predicted octanol–water partition coefficient (Wildman–Crippen LogP) is 4.77. The maximum absolute atomic E-state index is 15.8. The summed E-state index contributed by atoms with van der Waals surface area (Å²) in [5, 5.41) is 7.16. The number of rotatable bonds is 6. The monoisotopic (exact) mass is 565 g/mol. The third-order valence-corrected chi connectivity index (χ3v) is 8.27. The lowest BCUT2D eigenvalue weighted by Gasteiger charge is -2.46. The Morgan fingerprint density at radius 1 is 1.10 bits per heavy atom. The van der Waals surface area contributed by atoms with E-state index < -0.39 is 47.0 Å². The van der Waals surface area contributed by atoms with E-state index in [-0.39, 0.29) is 60.8 Å². The number of fused-ring (bicyclic) bond motifs is 1. The van der Waals surface area contributed by atoms with Crippen LogP contribution in [0.1, 0.15) is 51.4 Å². The van der Waals surface area contributed by atoms with E-state index in [1.165, 1.54) is 37.4 Å². The molecule has 2 saturated heterocycles. The van der Waals surface area contributed by atoms with Gasteiger partial charge < -0.3 is 14.2 Å². The molecule has 3 aromatic rings. The van der Waals surface area contributed by atoms with Crippen LogP contribution in [0, 0.1) is 0 Å². The first-order chi connectivity index (χ1) is 18.8. The zero-order chi connectivity index (χ0) is 28.6. The Morgan fingerprint density at radius 2 is 1.82 bits per heavy atom. The van der Waals surface area contributed by atoms with Gasteiger partial charge in [-0.1, -0.05) is 12.1 Å². The van der Waals surface area contributed by atoms with Crippen molar-refractivity contribution in [2.45, 2.75) is 43.2 Å². The maximum atomic E-state index is 15.8. The molecule has 3 aliphatic heterocycles. The van der Waals surface area contributed by atoms with Gasteiger partial charge in [-0.05, 0) is 47.9 Å². The minimum Gasteiger partial charge on any atom is -0.379 e. The van der Waals surface area contributed by atoms with E-state index in [4.69, 9.17) is 4.74 Å². The number of hydrogen-bond donors (Lipinski definition) is 0. The smallest absolute Gasteiger partial charge is 0.379 e. The number of anilines is 1. The summed E-state index contributed by atoms with van der Waals surface area (Å²) in [6.45, 7) is 0.876. The molecule has 4 heterocycles. The summed E-state index contributed by atoms with van der Waals surface area (Å²) in [6.07, 6.45) is -4.60. The summed E-state index contributed by atoms with van der Waals surface area (Å²) in [5.74, 6) is -4.71.